The van der Waals surface area contributed by atoms with Crippen LogP contribution in [0.4, 0.5) is 0 Å². The van der Waals surface area contributed by atoms with E-state index in [1.165, 1.54) is 14.2 Å². The molecule has 1 amide bonds. The second-order valence-electron chi connectivity index (χ2n) is 8.41. The lowest BCUT2D eigenvalue weighted by molar-refractivity contribution is -0.145. The highest BCUT2D eigenvalue weighted by atomic mass is 31.2. The molecule has 0 aromatic heterocycles. The van der Waals surface area contributed by atoms with Crippen molar-refractivity contribution in [2.24, 2.45) is 11.3 Å². The van der Waals surface area contributed by atoms with Gasteiger partial charge < -0.3 is 14.8 Å². The van der Waals surface area contributed by atoms with E-state index < -0.39 is 43.5 Å². The van der Waals surface area contributed by atoms with Crippen molar-refractivity contribution in [2.75, 3.05) is 27.4 Å². The van der Waals surface area contributed by atoms with E-state index in [4.69, 9.17) is 13.8 Å². The highest BCUT2D eigenvalue weighted by Crippen LogP contribution is 2.60. The zero-order valence-corrected chi connectivity index (χ0v) is 19.0. The molecule has 2 rings (SSSR count). The minimum Gasteiger partial charge on any atom is -0.469 e. The fourth-order valence-corrected chi connectivity index (χ4v) is 5.76. The molecule has 172 valence electrons. The maximum Gasteiger partial charge on any atom is 0.500 e. The average molecular weight is 449 g/mol. The van der Waals surface area contributed by atoms with Crippen LogP contribution in [0, 0.1) is 11.3 Å². The van der Waals surface area contributed by atoms with E-state index >= 15 is 0 Å². The minimum absolute atomic E-state index is 0.00954. The molecule has 1 heterocycles. The number of carbonyl (C=O) groups is 3. The number of rotatable bonds is 8. The van der Waals surface area contributed by atoms with E-state index in [0.29, 0.717) is 0 Å². The molecule has 2 aliphatic rings. The van der Waals surface area contributed by atoms with Crippen LogP contribution in [-0.2, 0) is 32.9 Å². The van der Waals surface area contributed by atoms with Crippen LogP contribution in [0.15, 0.2) is 0 Å². The molecule has 0 radical (unpaired) electrons. The predicted molar refractivity (Wildman–Crippen MR) is 109 cm³/mol. The number of carbonyl (C=O) groups excluding carboxylic acids is 3. The SMILES string of the molecule is COC(=O)CCNC(=O)[C@@H]1O[P+](O)(N[C@H](C(=O)OC)C2CCCCC2)OCC1(C)C. The first-order valence-corrected chi connectivity index (χ1v) is 11.8. The van der Waals surface area contributed by atoms with Crippen LogP contribution in [0.1, 0.15) is 52.4 Å². The van der Waals surface area contributed by atoms with Crippen molar-refractivity contribution in [1.29, 1.82) is 0 Å². The van der Waals surface area contributed by atoms with E-state index in [2.05, 4.69) is 15.1 Å². The van der Waals surface area contributed by atoms with Gasteiger partial charge in [0.1, 0.15) is 12.6 Å². The Labute approximate surface area is 178 Å². The smallest absolute Gasteiger partial charge is 0.469 e. The van der Waals surface area contributed by atoms with Crippen LogP contribution in [0.3, 0.4) is 0 Å². The summed E-state index contributed by atoms with van der Waals surface area (Å²) < 4.78 is 20.8. The van der Waals surface area contributed by atoms with Gasteiger partial charge in [-0.3, -0.25) is 14.4 Å². The van der Waals surface area contributed by atoms with Crippen molar-refractivity contribution in [1.82, 2.24) is 10.4 Å². The third-order valence-corrected chi connectivity index (χ3v) is 7.12. The Morgan fingerprint density at radius 2 is 1.83 bits per heavy atom. The van der Waals surface area contributed by atoms with E-state index in [-0.39, 0.29) is 25.5 Å². The second-order valence-corrected chi connectivity index (χ2v) is 10.2. The van der Waals surface area contributed by atoms with Gasteiger partial charge in [0.2, 0.25) is 0 Å². The molecule has 1 aliphatic carbocycles. The van der Waals surface area contributed by atoms with Gasteiger partial charge in [-0.25, -0.2) is 0 Å². The maximum absolute atomic E-state index is 12.7. The Morgan fingerprint density at radius 1 is 1.17 bits per heavy atom. The molecule has 10 nitrogen and oxygen atoms in total. The quantitative estimate of drug-likeness (QED) is 0.372. The number of methoxy groups -OCH3 is 2. The van der Waals surface area contributed by atoms with Crippen LogP contribution < -0.4 is 10.4 Å². The summed E-state index contributed by atoms with van der Waals surface area (Å²) in [6, 6.07) is -0.780. The van der Waals surface area contributed by atoms with E-state index in [9.17, 15) is 19.3 Å². The van der Waals surface area contributed by atoms with Gasteiger partial charge in [0.15, 0.2) is 6.10 Å². The van der Waals surface area contributed by atoms with Crippen molar-refractivity contribution in [3.05, 3.63) is 0 Å². The summed E-state index contributed by atoms with van der Waals surface area (Å²) in [4.78, 5) is 47.3. The summed E-state index contributed by atoms with van der Waals surface area (Å²) in [6.45, 7) is 3.69. The molecule has 0 aromatic rings. The first kappa shape index (κ1) is 24.9. The van der Waals surface area contributed by atoms with Crippen molar-refractivity contribution < 1.29 is 37.8 Å². The highest BCUT2D eigenvalue weighted by Gasteiger charge is 2.59. The Morgan fingerprint density at radius 3 is 2.43 bits per heavy atom. The molecule has 1 unspecified atom stereocenters. The van der Waals surface area contributed by atoms with Crippen molar-refractivity contribution >= 4 is 25.9 Å². The third-order valence-electron chi connectivity index (χ3n) is 5.54. The zero-order valence-electron chi connectivity index (χ0n) is 18.1. The van der Waals surface area contributed by atoms with Gasteiger partial charge in [0.05, 0.1) is 20.6 Å². The Hall–Kier alpha value is -1.32. The van der Waals surface area contributed by atoms with Crippen LogP contribution in [0.2, 0.25) is 0 Å². The average Bonchev–Trinajstić information content (AvgIpc) is 2.74. The Balaban J connectivity index is 2.08. The maximum atomic E-state index is 12.7. The summed E-state index contributed by atoms with van der Waals surface area (Å²) in [6.07, 6.45) is 3.76. The first-order chi connectivity index (χ1) is 14.1. The topological polar surface area (TPSA) is 132 Å². The highest BCUT2D eigenvalue weighted by molar-refractivity contribution is 7.58. The van der Waals surface area contributed by atoms with Gasteiger partial charge in [0.25, 0.3) is 5.91 Å². The third kappa shape index (κ3) is 6.59. The first-order valence-electron chi connectivity index (χ1n) is 10.3. The van der Waals surface area contributed by atoms with Crippen molar-refractivity contribution in [2.45, 2.75) is 64.5 Å². The van der Waals surface area contributed by atoms with Gasteiger partial charge >= 0.3 is 20.0 Å². The lowest BCUT2D eigenvalue weighted by Gasteiger charge is -2.38. The van der Waals surface area contributed by atoms with Gasteiger partial charge in [0, 0.05) is 12.0 Å². The molecule has 2 fully saturated rings. The lowest BCUT2D eigenvalue weighted by Crippen LogP contribution is -2.54. The molecule has 0 spiro atoms. The molecule has 30 heavy (non-hydrogen) atoms. The fourth-order valence-electron chi connectivity index (χ4n) is 3.72. The van der Waals surface area contributed by atoms with E-state index in [0.717, 1.165) is 32.1 Å². The molecule has 0 bridgehead atoms. The number of hydrogen-bond acceptors (Lipinski definition) is 9. The summed E-state index contributed by atoms with van der Waals surface area (Å²) in [5.74, 6) is -1.42. The van der Waals surface area contributed by atoms with Crippen molar-refractivity contribution in [3.8, 4) is 0 Å². The molecule has 1 saturated heterocycles. The van der Waals surface area contributed by atoms with Gasteiger partial charge in [-0.15, -0.1) is 9.61 Å². The molecule has 11 heteroatoms. The Bertz CT molecular complexity index is 626. The summed E-state index contributed by atoms with van der Waals surface area (Å²) in [5, 5.41) is 5.48. The molecule has 1 aliphatic heterocycles. The fraction of sp³-hybridized carbons (Fsp3) is 0.842. The largest absolute Gasteiger partial charge is 0.500 e. The standard InChI is InChI=1S/C19H33N2O8P/c1-19(2)12-28-30(25,29-16(19)17(23)20-11-10-14(22)26-3)21-15(18(24)27-4)13-8-6-5-7-9-13/h13,15-16,21,25H,5-12H2,1-4H3/p+1/t15-,16-,30?/m0/s1. The van der Waals surface area contributed by atoms with Crippen LogP contribution >= 0.6 is 8.09 Å². The summed E-state index contributed by atoms with van der Waals surface area (Å²) in [7, 11) is -1.13. The van der Waals surface area contributed by atoms with Gasteiger partial charge in [-0.2, -0.15) is 9.42 Å². The zero-order chi connectivity index (χ0) is 22.4. The number of ether oxygens (including phenoxy) is 2. The molecular formula is C19H34N2O8P+. The number of amides is 1. The minimum atomic E-state index is -3.70. The van der Waals surface area contributed by atoms with E-state index in [1.807, 2.05) is 0 Å². The molecule has 0 aromatic carbocycles. The Kier molecular flexibility index (Phi) is 8.99. The second kappa shape index (κ2) is 10.8. The summed E-state index contributed by atoms with van der Waals surface area (Å²) in [5.41, 5.74) is -0.727. The molecule has 1 saturated carbocycles. The number of hydrogen-bond donors (Lipinski definition) is 3. The number of nitrogens with one attached hydrogen (secondary N) is 2. The monoisotopic (exact) mass is 449 g/mol. The van der Waals surface area contributed by atoms with Crippen LogP contribution in [0.5, 0.6) is 0 Å². The van der Waals surface area contributed by atoms with Crippen molar-refractivity contribution in [3.63, 3.8) is 0 Å². The van der Waals surface area contributed by atoms with Crippen LogP contribution in [-0.4, -0.2) is 62.3 Å². The number of esters is 2. The molecular weight excluding hydrogens is 415 g/mol. The van der Waals surface area contributed by atoms with E-state index in [1.54, 1.807) is 13.8 Å². The van der Waals surface area contributed by atoms with Gasteiger partial charge in [-0.05, 0) is 18.8 Å². The summed E-state index contributed by atoms with van der Waals surface area (Å²) >= 11 is 0. The van der Waals surface area contributed by atoms with Gasteiger partial charge in [-0.1, -0.05) is 33.1 Å². The normalized spacial score (nSPS) is 27.7. The van der Waals surface area contributed by atoms with Crippen LogP contribution in [0.25, 0.3) is 0 Å². The lowest BCUT2D eigenvalue weighted by atomic mass is 9.84. The molecule has 3 N–H and O–H groups in total. The molecule has 3 atom stereocenters. The predicted octanol–water partition coefficient (Wildman–Crippen LogP) is 1.49.